The Balaban J connectivity index is 1.24. The van der Waals surface area contributed by atoms with Crippen molar-refractivity contribution in [3.8, 4) is 0 Å². The first-order chi connectivity index (χ1) is 14.5. The maximum atomic E-state index is 13.1. The molecule has 0 aliphatic heterocycles. The van der Waals surface area contributed by atoms with E-state index in [2.05, 4.69) is 20.3 Å². The quantitative estimate of drug-likeness (QED) is 0.699. The smallest absolute Gasteiger partial charge is 0.253 e. The molecule has 0 saturated heterocycles. The molecule has 0 aromatic carbocycles. The molecule has 4 aliphatic rings. The van der Waals surface area contributed by atoms with E-state index in [1.54, 1.807) is 18.7 Å². The largest absolute Gasteiger partial charge is 0.390 e. The Hall–Kier alpha value is -2.80. The van der Waals surface area contributed by atoms with Crippen LogP contribution in [0.3, 0.4) is 0 Å². The molecule has 2 unspecified atom stereocenters. The maximum absolute atomic E-state index is 13.1. The van der Waals surface area contributed by atoms with E-state index >= 15 is 0 Å². The molecule has 30 heavy (non-hydrogen) atoms. The first kappa shape index (κ1) is 18.0. The van der Waals surface area contributed by atoms with Crippen molar-refractivity contribution in [3.05, 3.63) is 54.2 Å². The highest BCUT2D eigenvalue weighted by Crippen LogP contribution is 2.57. The summed E-state index contributed by atoms with van der Waals surface area (Å²) in [5.74, 6) is 0.938. The van der Waals surface area contributed by atoms with E-state index in [-0.39, 0.29) is 11.4 Å². The number of pyridine rings is 2. The second kappa shape index (κ2) is 6.35. The Morgan fingerprint density at radius 2 is 2.00 bits per heavy atom. The molecule has 154 valence electrons. The van der Waals surface area contributed by atoms with Crippen LogP contribution in [0.1, 0.15) is 54.6 Å². The van der Waals surface area contributed by atoms with E-state index in [1.807, 2.05) is 28.8 Å². The Labute approximate surface area is 174 Å². The average Bonchev–Trinajstić information content (AvgIpc) is 3.08. The van der Waals surface area contributed by atoms with Crippen LogP contribution in [0.15, 0.2) is 43.0 Å². The number of nitrogens with one attached hydrogen (secondary N) is 1. The lowest BCUT2D eigenvalue weighted by molar-refractivity contribution is -0.139. The van der Waals surface area contributed by atoms with Gasteiger partial charge in [0.2, 0.25) is 0 Å². The van der Waals surface area contributed by atoms with Gasteiger partial charge in [0.25, 0.3) is 5.91 Å². The number of aliphatic hydroxyl groups is 1. The summed E-state index contributed by atoms with van der Waals surface area (Å²) in [5.41, 5.74) is 2.02. The van der Waals surface area contributed by atoms with Crippen LogP contribution in [0.5, 0.6) is 0 Å². The molecular weight excluding hydrogens is 378 g/mol. The molecule has 2 atom stereocenters. The zero-order valence-electron chi connectivity index (χ0n) is 16.8. The van der Waals surface area contributed by atoms with Crippen LogP contribution in [0.2, 0.25) is 0 Å². The molecule has 7 rings (SSSR count). The summed E-state index contributed by atoms with van der Waals surface area (Å²) in [6.07, 6.45) is 10.7. The van der Waals surface area contributed by atoms with Crippen molar-refractivity contribution >= 4 is 17.1 Å². The van der Waals surface area contributed by atoms with E-state index in [4.69, 9.17) is 0 Å². The molecular formula is C23H25N5O2. The second-order valence-corrected chi connectivity index (χ2v) is 9.68. The van der Waals surface area contributed by atoms with E-state index < -0.39 is 5.60 Å². The highest BCUT2D eigenvalue weighted by Gasteiger charge is 2.57. The first-order valence-corrected chi connectivity index (χ1v) is 10.8. The molecule has 7 heteroatoms. The fraction of sp³-hybridized carbons (Fsp3) is 0.478. The normalized spacial score (nSPS) is 31.9. The third-order valence-electron chi connectivity index (χ3n) is 7.19. The zero-order valence-corrected chi connectivity index (χ0v) is 16.8. The number of carbonyl (C=O) groups is 1. The van der Waals surface area contributed by atoms with Crippen LogP contribution in [-0.2, 0) is 6.54 Å². The number of rotatable bonds is 4. The van der Waals surface area contributed by atoms with Gasteiger partial charge in [0.1, 0.15) is 5.52 Å². The summed E-state index contributed by atoms with van der Waals surface area (Å²) in [6.45, 7) is 0.584. The van der Waals surface area contributed by atoms with Crippen LogP contribution in [0.25, 0.3) is 11.2 Å². The fourth-order valence-corrected chi connectivity index (χ4v) is 6.53. The van der Waals surface area contributed by atoms with Crippen molar-refractivity contribution in [1.82, 2.24) is 24.8 Å². The molecule has 4 aliphatic carbocycles. The molecule has 7 nitrogen and oxygen atoms in total. The summed E-state index contributed by atoms with van der Waals surface area (Å²) in [4.78, 5) is 26.4. The summed E-state index contributed by atoms with van der Waals surface area (Å²) in [6, 6.07) is 7.62. The van der Waals surface area contributed by atoms with Crippen molar-refractivity contribution in [1.29, 1.82) is 0 Å². The van der Waals surface area contributed by atoms with Crippen LogP contribution in [0, 0.1) is 11.8 Å². The van der Waals surface area contributed by atoms with E-state index in [1.165, 1.54) is 6.42 Å². The predicted molar refractivity (Wildman–Crippen MR) is 111 cm³/mol. The molecule has 0 spiro atoms. The van der Waals surface area contributed by atoms with Crippen molar-refractivity contribution in [3.63, 3.8) is 0 Å². The molecule has 3 aromatic heterocycles. The van der Waals surface area contributed by atoms with Gasteiger partial charge in [0.15, 0.2) is 5.65 Å². The summed E-state index contributed by atoms with van der Waals surface area (Å²) < 4.78 is 1.94. The number of amides is 1. The van der Waals surface area contributed by atoms with E-state index in [0.29, 0.717) is 35.9 Å². The molecule has 3 aromatic rings. The minimum atomic E-state index is -0.593. The lowest BCUT2D eigenvalue weighted by Crippen LogP contribution is -2.65. The Bertz CT molecular complexity index is 1110. The molecule has 1 amide bonds. The highest BCUT2D eigenvalue weighted by molar-refractivity contribution is 5.96. The SMILES string of the molecule is O=C(NC12CC3CC(CC(O)(C3)C1)C2)c1cnc2c(c1)ncn2Cc1ccccn1. The highest BCUT2D eigenvalue weighted by atomic mass is 16.3. The van der Waals surface area contributed by atoms with Crippen molar-refractivity contribution in [2.24, 2.45) is 11.8 Å². The topological polar surface area (TPSA) is 92.9 Å². The number of nitrogens with zero attached hydrogens (tertiary/aromatic N) is 4. The maximum Gasteiger partial charge on any atom is 0.253 e. The minimum absolute atomic E-state index is 0.116. The van der Waals surface area contributed by atoms with Gasteiger partial charge in [0, 0.05) is 17.9 Å². The molecule has 2 N–H and O–H groups in total. The zero-order chi connectivity index (χ0) is 20.3. The van der Waals surface area contributed by atoms with Gasteiger partial charge >= 0.3 is 0 Å². The number of fused-ring (bicyclic) bond motifs is 1. The number of hydrogen-bond donors (Lipinski definition) is 2. The second-order valence-electron chi connectivity index (χ2n) is 9.68. The van der Waals surface area contributed by atoms with Crippen molar-refractivity contribution in [2.45, 2.75) is 56.2 Å². The minimum Gasteiger partial charge on any atom is -0.390 e. The summed E-state index contributed by atoms with van der Waals surface area (Å²) >= 11 is 0. The Kier molecular flexibility index (Phi) is 3.81. The monoisotopic (exact) mass is 403 g/mol. The number of carbonyl (C=O) groups excluding carboxylic acids is 1. The molecule has 4 saturated carbocycles. The van der Waals surface area contributed by atoms with Gasteiger partial charge in [-0.05, 0) is 68.6 Å². The number of aromatic nitrogens is 4. The lowest BCUT2D eigenvalue weighted by Gasteiger charge is -2.60. The third kappa shape index (κ3) is 2.99. The molecule has 0 radical (unpaired) electrons. The predicted octanol–water partition coefficient (Wildman–Crippen LogP) is 2.69. The van der Waals surface area contributed by atoms with E-state index in [0.717, 1.165) is 37.0 Å². The van der Waals surface area contributed by atoms with Crippen molar-refractivity contribution < 1.29 is 9.90 Å². The Morgan fingerprint density at radius 3 is 2.73 bits per heavy atom. The summed E-state index contributed by atoms with van der Waals surface area (Å²) in [5, 5.41) is 14.2. The third-order valence-corrected chi connectivity index (χ3v) is 7.19. The number of imidazole rings is 1. The van der Waals surface area contributed by atoms with Crippen LogP contribution < -0.4 is 5.32 Å². The van der Waals surface area contributed by atoms with Gasteiger partial charge in [-0.25, -0.2) is 9.97 Å². The van der Waals surface area contributed by atoms with Gasteiger partial charge in [0.05, 0.1) is 29.7 Å². The van der Waals surface area contributed by atoms with E-state index in [9.17, 15) is 9.90 Å². The fourth-order valence-electron chi connectivity index (χ4n) is 6.53. The standard InChI is InChI=1S/C23H25N5O2/c29-21(27-22-7-15-5-16(8-22)10-23(30,9-15)13-22)17-6-19-20(25-11-17)28(14-26-19)12-18-3-1-2-4-24-18/h1-4,6,11,14-16,30H,5,7-10,12-13H2,(H,27,29). The van der Waals surface area contributed by atoms with Crippen LogP contribution in [-0.4, -0.2) is 41.7 Å². The van der Waals surface area contributed by atoms with Gasteiger partial charge in [-0.2, -0.15) is 0 Å². The molecule has 3 heterocycles. The van der Waals surface area contributed by atoms with Gasteiger partial charge in [-0.3, -0.25) is 9.78 Å². The molecule has 4 bridgehead atoms. The lowest BCUT2D eigenvalue weighted by atomic mass is 9.51. The summed E-state index contributed by atoms with van der Waals surface area (Å²) in [7, 11) is 0. The van der Waals surface area contributed by atoms with Crippen LogP contribution in [0.4, 0.5) is 0 Å². The first-order valence-electron chi connectivity index (χ1n) is 10.8. The molecule has 4 fully saturated rings. The number of hydrogen-bond acceptors (Lipinski definition) is 5. The van der Waals surface area contributed by atoms with Crippen LogP contribution >= 0.6 is 0 Å². The van der Waals surface area contributed by atoms with Gasteiger partial charge in [-0.1, -0.05) is 6.07 Å². The van der Waals surface area contributed by atoms with Gasteiger partial charge in [-0.15, -0.1) is 0 Å². The average molecular weight is 403 g/mol. The Morgan fingerprint density at radius 1 is 1.17 bits per heavy atom. The van der Waals surface area contributed by atoms with Crippen molar-refractivity contribution in [2.75, 3.05) is 0 Å². The van der Waals surface area contributed by atoms with Gasteiger partial charge < -0.3 is 15.0 Å².